The zero-order chi connectivity index (χ0) is 13.0. The van der Waals surface area contributed by atoms with Gasteiger partial charge in [-0.3, -0.25) is 4.98 Å². The van der Waals surface area contributed by atoms with Gasteiger partial charge in [-0.15, -0.1) is 0 Å². The van der Waals surface area contributed by atoms with E-state index in [0.29, 0.717) is 0 Å². The number of rotatable bonds is 3. The second-order valence-electron chi connectivity index (χ2n) is 3.44. The van der Waals surface area contributed by atoms with Crippen LogP contribution in [-0.4, -0.2) is 14.2 Å². The number of aromatic nitrogens is 2. The maximum Gasteiger partial charge on any atom is 0.148 e. The van der Waals surface area contributed by atoms with E-state index in [2.05, 4.69) is 9.97 Å². The average molecular weight is 263 g/mol. The summed E-state index contributed by atoms with van der Waals surface area (Å²) < 4.78 is 33.0. The summed E-state index contributed by atoms with van der Waals surface area (Å²) in [6, 6.07) is 7.52. The quantitative estimate of drug-likeness (QED) is 0.925. The van der Waals surface area contributed by atoms with Crippen LogP contribution in [0.3, 0.4) is 0 Å². The third kappa shape index (κ3) is 2.78. The van der Waals surface area contributed by atoms with E-state index in [9.17, 15) is 8.60 Å². The molecule has 2 heterocycles. The standard InChI is InChI=1S/C12H10FN3OS/c13-10-4-3-8-15-11(10)6-9-18(14,17)12-5-1-2-7-16-12/h1-9,14H/b9-6+. The van der Waals surface area contributed by atoms with Gasteiger partial charge in [-0.1, -0.05) is 6.07 Å². The molecule has 1 N–H and O–H groups in total. The number of nitrogens with one attached hydrogen (secondary N) is 1. The van der Waals surface area contributed by atoms with Crippen molar-refractivity contribution in [2.45, 2.75) is 5.03 Å². The first-order chi connectivity index (χ1) is 8.59. The van der Waals surface area contributed by atoms with Crippen molar-refractivity contribution >= 4 is 15.8 Å². The van der Waals surface area contributed by atoms with Crippen molar-refractivity contribution in [3.8, 4) is 0 Å². The fourth-order valence-electron chi connectivity index (χ4n) is 1.28. The first-order valence-electron chi connectivity index (χ1n) is 5.08. The first-order valence-corrected chi connectivity index (χ1v) is 6.70. The topological polar surface area (TPSA) is 66.7 Å². The van der Waals surface area contributed by atoms with Gasteiger partial charge in [0.15, 0.2) is 0 Å². The van der Waals surface area contributed by atoms with Crippen LogP contribution in [0.4, 0.5) is 4.39 Å². The highest BCUT2D eigenvalue weighted by Gasteiger charge is 2.07. The van der Waals surface area contributed by atoms with E-state index < -0.39 is 15.5 Å². The van der Waals surface area contributed by atoms with Crippen molar-refractivity contribution in [1.29, 1.82) is 4.78 Å². The minimum atomic E-state index is -3.17. The summed E-state index contributed by atoms with van der Waals surface area (Å²) in [5, 5.41) is 1.25. The minimum Gasteiger partial charge on any atom is -0.254 e. The van der Waals surface area contributed by atoms with E-state index in [-0.39, 0.29) is 10.7 Å². The molecule has 0 aliphatic carbocycles. The van der Waals surface area contributed by atoms with Crippen molar-refractivity contribution < 1.29 is 8.60 Å². The second-order valence-corrected chi connectivity index (χ2v) is 5.33. The molecule has 4 nitrogen and oxygen atoms in total. The highest BCUT2D eigenvalue weighted by atomic mass is 32.2. The number of hydrogen-bond acceptors (Lipinski definition) is 4. The van der Waals surface area contributed by atoms with Crippen LogP contribution in [0.1, 0.15) is 5.69 Å². The fourth-order valence-corrected chi connectivity index (χ4v) is 2.24. The van der Waals surface area contributed by atoms with E-state index >= 15 is 0 Å². The van der Waals surface area contributed by atoms with Gasteiger partial charge in [-0.05, 0) is 30.3 Å². The monoisotopic (exact) mass is 263 g/mol. The predicted molar refractivity (Wildman–Crippen MR) is 66.6 cm³/mol. The maximum absolute atomic E-state index is 13.3. The van der Waals surface area contributed by atoms with Gasteiger partial charge in [0.2, 0.25) is 0 Å². The van der Waals surface area contributed by atoms with Gasteiger partial charge in [-0.25, -0.2) is 18.4 Å². The third-order valence-electron chi connectivity index (χ3n) is 2.15. The Morgan fingerprint density at radius 3 is 2.61 bits per heavy atom. The van der Waals surface area contributed by atoms with Gasteiger partial charge in [0, 0.05) is 17.8 Å². The zero-order valence-electron chi connectivity index (χ0n) is 9.29. The first kappa shape index (κ1) is 12.4. The summed E-state index contributed by atoms with van der Waals surface area (Å²) in [5.74, 6) is -0.523. The van der Waals surface area contributed by atoms with Gasteiger partial charge in [-0.2, -0.15) is 0 Å². The number of halogens is 1. The van der Waals surface area contributed by atoms with Gasteiger partial charge < -0.3 is 0 Å². The molecule has 1 atom stereocenters. The molecule has 0 fully saturated rings. The largest absolute Gasteiger partial charge is 0.254 e. The molecule has 2 aromatic rings. The van der Waals surface area contributed by atoms with Crippen LogP contribution in [0.5, 0.6) is 0 Å². The van der Waals surface area contributed by atoms with E-state index in [1.54, 1.807) is 12.1 Å². The summed E-state index contributed by atoms with van der Waals surface area (Å²) in [6.07, 6.45) is 4.12. The number of hydrogen-bond donors (Lipinski definition) is 1. The van der Waals surface area contributed by atoms with Crippen molar-refractivity contribution in [2.24, 2.45) is 0 Å². The van der Waals surface area contributed by atoms with Crippen molar-refractivity contribution in [1.82, 2.24) is 9.97 Å². The molecule has 6 heteroatoms. The second kappa shape index (κ2) is 5.05. The SMILES string of the molecule is N=S(=O)(/C=C/c1ncccc1F)c1ccccn1. The molecule has 0 saturated carbocycles. The predicted octanol–water partition coefficient (Wildman–Crippen LogP) is 2.69. The molecule has 0 aromatic carbocycles. The summed E-state index contributed by atoms with van der Waals surface area (Å²) in [6.45, 7) is 0. The lowest BCUT2D eigenvalue weighted by atomic mass is 10.3. The number of pyridine rings is 2. The average Bonchev–Trinajstić information content (AvgIpc) is 2.39. The minimum absolute atomic E-state index is 0.0495. The van der Waals surface area contributed by atoms with Gasteiger partial charge in [0.05, 0.1) is 5.69 Å². The Morgan fingerprint density at radius 1 is 1.17 bits per heavy atom. The van der Waals surface area contributed by atoms with Crippen LogP contribution in [0.15, 0.2) is 53.2 Å². The smallest absolute Gasteiger partial charge is 0.148 e. The lowest BCUT2D eigenvalue weighted by Gasteiger charge is -2.00. The maximum atomic E-state index is 13.3. The number of nitrogens with zero attached hydrogens (tertiary/aromatic N) is 2. The van der Waals surface area contributed by atoms with E-state index in [0.717, 1.165) is 5.41 Å². The molecule has 2 rings (SSSR count). The van der Waals surface area contributed by atoms with E-state index in [1.165, 1.54) is 36.7 Å². The van der Waals surface area contributed by atoms with Crippen LogP contribution in [0.25, 0.3) is 6.08 Å². The molecule has 0 radical (unpaired) electrons. The molecule has 0 bridgehead atoms. The van der Waals surface area contributed by atoms with Crippen molar-refractivity contribution in [2.75, 3.05) is 0 Å². The Balaban J connectivity index is 2.32. The third-order valence-corrected chi connectivity index (χ3v) is 3.54. The van der Waals surface area contributed by atoms with Gasteiger partial charge in [0.25, 0.3) is 0 Å². The highest BCUT2D eigenvalue weighted by molar-refractivity contribution is 7.95. The molecule has 0 spiro atoms. The van der Waals surface area contributed by atoms with E-state index in [4.69, 9.17) is 4.78 Å². The summed E-state index contributed by atoms with van der Waals surface area (Å²) in [7, 11) is -3.17. The van der Waals surface area contributed by atoms with Gasteiger partial charge >= 0.3 is 0 Å². The molecule has 92 valence electrons. The molecule has 1 unspecified atom stereocenters. The van der Waals surface area contributed by atoms with Crippen molar-refractivity contribution in [3.63, 3.8) is 0 Å². The Kier molecular flexibility index (Phi) is 3.47. The van der Waals surface area contributed by atoms with Crippen molar-refractivity contribution in [3.05, 3.63) is 59.6 Å². The highest BCUT2D eigenvalue weighted by Crippen LogP contribution is 2.12. The Bertz CT molecular complexity index is 669. The van der Waals surface area contributed by atoms with Crippen LogP contribution >= 0.6 is 0 Å². The van der Waals surface area contributed by atoms with Crippen LogP contribution in [0.2, 0.25) is 0 Å². The lowest BCUT2D eigenvalue weighted by Crippen LogP contribution is -1.97. The van der Waals surface area contributed by atoms with Crippen LogP contribution in [-0.2, 0) is 9.73 Å². The molecule has 0 aliphatic heterocycles. The molecular weight excluding hydrogens is 253 g/mol. The Hall–Kier alpha value is -2.08. The van der Waals surface area contributed by atoms with E-state index in [1.807, 2.05) is 0 Å². The summed E-state index contributed by atoms with van der Waals surface area (Å²) >= 11 is 0. The van der Waals surface area contributed by atoms with Crippen LogP contribution in [0, 0.1) is 10.6 Å². The van der Waals surface area contributed by atoms with Gasteiger partial charge in [0.1, 0.15) is 20.6 Å². The molecule has 18 heavy (non-hydrogen) atoms. The molecule has 0 saturated heterocycles. The summed E-state index contributed by atoms with van der Waals surface area (Å²) in [4.78, 5) is 7.64. The molecule has 2 aromatic heterocycles. The molecule has 0 amide bonds. The zero-order valence-corrected chi connectivity index (χ0v) is 10.1. The Morgan fingerprint density at radius 2 is 1.94 bits per heavy atom. The summed E-state index contributed by atoms with van der Waals surface area (Å²) in [5.41, 5.74) is 0.0495. The lowest BCUT2D eigenvalue weighted by molar-refractivity contribution is 0.618. The van der Waals surface area contributed by atoms with Crippen LogP contribution < -0.4 is 0 Å². The Labute approximate surface area is 104 Å². The molecular formula is C12H10FN3OS. The fraction of sp³-hybridized carbons (Fsp3) is 0. The molecule has 0 aliphatic rings. The normalized spacial score (nSPS) is 14.5.